The number of halogens is 7. The number of nitrogens with two attached hydrogens (primary N) is 1. The average molecular weight is 512 g/mol. The molecule has 0 saturated heterocycles. The van der Waals surface area contributed by atoms with Gasteiger partial charge < -0.3 is 20.5 Å². The predicted molar refractivity (Wildman–Crippen MR) is 107 cm³/mol. The molecule has 3 heterocycles. The summed E-state index contributed by atoms with van der Waals surface area (Å²) in [4.78, 5) is 23.3. The van der Waals surface area contributed by atoms with Crippen molar-refractivity contribution < 1.29 is 40.6 Å². The predicted octanol–water partition coefficient (Wildman–Crippen LogP) is 3.75. The number of rotatable bonds is 6. The minimum atomic E-state index is -4.74. The number of amidine groups is 1. The van der Waals surface area contributed by atoms with Gasteiger partial charge in [0.25, 0.3) is 11.9 Å². The van der Waals surface area contributed by atoms with E-state index in [1.54, 1.807) is 0 Å². The molecular weight excluding hydrogens is 496 g/mol. The minimum absolute atomic E-state index is 0.283. The maximum atomic E-state index is 15.0. The van der Waals surface area contributed by atoms with E-state index in [-0.39, 0.29) is 6.61 Å². The first kappa shape index (κ1) is 25.5. The number of nitrogens with zero attached hydrogens (tertiary/aromatic N) is 3. The lowest BCUT2D eigenvalue weighted by molar-refractivity contribution is -0.137. The van der Waals surface area contributed by atoms with E-state index in [9.17, 15) is 31.1 Å². The van der Waals surface area contributed by atoms with Crippen molar-refractivity contribution in [1.29, 1.82) is 0 Å². The number of methoxy groups -OCH3 is 1. The molecular formula is C19H16ClF6N5O3. The Morgan fingerprint density at radius 1 is 1.35 bits per heavy atom. The Balaban J connectivity index is 2.00. The molecule has 0 spiro atoms. The molecule has 0 bridgehead atoms. The van der Waals surface area contributed by atoms with Gasteiger partial charge in [-0.25, -0.2) is 19.4 Å². The van der Waals surface area contributed by atoms with E-state index in [1.807, 2.05) is 0 Å². The third-order valence-corrected chi connectivity index (χ3v) is 5.13. The number of aromatic nitrogens is 2. The number of amides is 1. The highest BCUT2D eigenvalue weighted by atomic mass is 35.5. The maximum absolute atomic E-state index is 15.0. The van der Waals surface area contributed by atoms with Crippen LogP contribution in [0, 0.1) is 5.82 Å². The van der Waals surface area contributed by atoms with Gasteiger partial charge in [0.1, 0.15) is 23.0 Å². The minimum Gasteiger partial charge on any atom is -0.459 e. The van der Waals surface area contributed by atoms with Crippen LogP contribution < -0.4 is 11.1 Å². The molecule has 8 nitrogen and oxygen atoms in total. The van der Waals surface area contributed by atoms with Gasteiger partial charge in [-0.3, -0.25) is 4.79 Å². The largest absolute Gasteiger partial charge is 0.459 e. The van der Waals surface area contributed by atoms with E-state index in [0.29, 0.717) is 12.3 Å². The summed E-state index contributed by atoms with van der Waals surface area (Å²) in [6.07, 6.45) is -4.90. The van der Waals surface area contributed by atoms with Crippen LogP contribution in [-0.2, 0) is 21.2 Å². The molecule has 0 aliphatic carbocycles. The molecule has 34 heavy (non-hydrogen) atoms. The Labute approximate surface area is 193 Å². The number of anilines is 1. The lowest BCUT2D eigenvalue weighted by atomic mass is 9.83. The van der Waals surface area contributed by atoms with Crippen LogP contribution in [0.3, 0.4) is 0 Å². The molecule has 3 rings (SSSR count). The zero-order valence-electron chi connectivity index (χ0n) is 17.2. The van der Waals surface area contributed by atoms with Gasteiger partial charge in [-0.2, -0.15) is 22.0 Å². The molecule has 2 aromatic heterocycles. The van der Waals surface area contributed by atoms with Crippen LogP contribution in [0.15, 0.2) is 29.4 Å². The summed E-state index contributed by atoms with van der Waals surface area (Å²) in [5, 5.41) is 1.52. The van der Waals surface area contributed by atoms with Gasteiger partial charge >= 0.3 is 12.1 Å². The van der Waals surface area contributed by atoms with Gasteiger partial charge in [-0.05, 0) is 18.2 Å². The number of carbonyl (C=O) groups is 1. The first-order valence-electron chi connectivity index (χ1n) is 9.37. The topological polar surface area (TPSA) is 112 Å². The van der Waals surface area contributed by atoms with Crippen molar-refractivity contribution >= 4 is 29.3 Å². The Morgan fingerprint density at radius 2 is 2.06 bits per heavy atom. The molecule has 1 atom stereocenters. The number of alkyl halides is 5. The first-order valence-corrected chi connectivity index (χ1v) is 9.74. The van der Waals surface area contributed by atoms with Crippen molar-refractivity contribution in [2.75, 3.05) is 25.6 Å². The smallest absolute Gasteiger partial charge is 0.417 e. The number of hydrogen-bond acceptors (Lipinski definition) is 7. The van der Waals surface area contributed by atoms with Gasteiger partial charge in [0.15, 0.2) is 12.1 Å². The van der Waals surface area contributed by atoms with Gasteiger partial charge in [0.2, 0.25) is 0 Å². The second-order valence-corrected chi connectivity index (χ2v) is 7.49. The molecule has 2 aromatic rings. The zero-order valence-corrected chi connectivity index (χ0v) is 18.0. The number of hydrogen-bond donors (Lipinski definition) is 2. The third-order valence-electron chi connectivity index (χ3n) is 4.84. The number of pyridine rings is 2. The van der Waals surface area contributed by atoms with Crippen molar-refractivity contribution in [3.8, 4) is 0 Å². The van der Waals surface area contributed by atoms with Crippen molar-refractivity contribution in [3.63, 3.8) is 0 Å². The first-order chi connectivity index (χ1) is 15.8. The number of ether oxygens (including phenoxy) is 2. The fourth-order valence-corrected chi connectivity index (χ4v) is 3.41. The molecule has 0 saturated carbocycles. The summed E-state index contributed by atoms with van der Waals surface area (Å²) in [5.74, 6) is -6.50. The van der Waals surface area contributed by atoms with Crippen LogP contribution in [0.2, 0.25) is 5.02 Å². The zero-order chi connectivity index (χ0) is 25.3. The molecule has 15 heteroatoms. The highest BCUT2D eigenvalue weighted by molar-refractivity contribution is 6.34. The maximum Gasteiger partial charge on any atom is 0.417 e. The van der Waals surface area contributed by atoms with Crippen LogP contribution in [-0.4, -0.2) is 48.1 Å². The summed E-state index contributed by atoms with van der Waals surface area (Å²) in [6, 6.07) is 1.57. The van der Waals surface area contributed by atoms with E-state index in [0.717, 1.165) is 12.1 Å². The van der Waals surface area contributed by atoms with E-state index >= 15 is 0 Å². The average Bonchev–Trinajstić information content (AvgIpc) is 2.75. The number of carbonyl (C=O) groups excluding carboxylic acids is 1. The van der Waals surface area contributed by atoms with E-state index in [4.69, 9.17) is 22.1 Å². The SMILES string of the molecule is COCCC1(c2nc(NC(=O)c3ncc(C(F)(F)F)cc3Cl)ccc2F)N=C(N)OCC1(F)F. The fraction of sp³-hybridized carbons (Fsp3) is 0.368. The molecule has 1 amide bonds. The van der Waals surface area contributed by atoms with Crippen molar-refractivity contribution in [2.24, 2.45) is 10.7 Å². The Bertz CT molecular complexity index is 1130. The second-order valence-electron chi connectivity index (χ2n) is 7.08. The molecule has 3 N–H and O–H groups in total. The number of aliphatic imine (C=N–C) groups is 1. The van der Waals surface area contributed by atoms with Gasteiger partial charge in [0, 0.05) is 26.3 Å². The van der Waals surface area contributed by atoms with Crippen molar-refractivity contribution in [1.82, 2.24) is 9.97 Å². The molecule has 0 radical (unpaired) electrons. The summed E-state index contributed by atoms with van der Waals surface area (Å²) in [7, 11) is 1.24. The highest BCUT2D eigenvalue weighted by Gasteiger charge is 2.60. The lowest BCUT2D eigenvalue weighted by Gasteiger charge is -2.39. The Hall–Kier alpha value is -3.13. The molecule has 0 fully saturated rings. The van der Waals surface area contributed by atoms with Crippen LogP contribution in [0.1, 0.15) is 28.2 Å². The van der Waals surface area contributed by atoms with Crippen molar-refractivity contribution in [2.45, 2.75) is 24.1 Å². The Morgan fingerprint density at radius 3 is 2.68 bits per heavy atom. The van der Waals surface area contributed by atoms with Gasteiger partial charge in [0.05, 0.1) is 10.6 Å². The van der Waals surface area contributed by atoms with Crippen LogP contribution in [0.4, 0.5) is 32.2 Å². The molecule has 0 aromatic carbocycles. The van der Waals surface area contributed by atoms with Crippen LogP contribution in [0.5, 0.6) is 0 Å². The Kier molecular flexibility index (Phi) is 6.94. The second kappa shape index (κ2) is 9.25. The highest BCUT2D eigenvalue weighted by Crippen LogP contribution is 2.46. The van der Waals surface area contributed by atoms with Gasteiger partial charge in [-0.1, -0.05) is 11.6 Å². The van der Waals surface area contributed by atoms with Crippen molar-refractivity contribution in [3.05, 3.63) is 52.2 Å². The fourth-order valence-electron chi connectivity index (χ4n) is 3.16. The summed E-state index contributed by atoms with van der Waals surface area (Å²) < 4.78 is 92.5. The molecule has 184 valence electrons. The van der Waals surface area contributed by atoms with Crippen LogP contribution >= 0.6 is 11.6 Å². The monoisotopic (exact) mass is 511 g/mol. The van der Waals surface area contributed by atoms with E-state index in [1.165, 1.54) is 7.11 Å². The van der Waals surface area contributed by atoms with E-state index in [2.05, 4.69) is 25.0 Å². The standard InChI is InChI=1S/C19H16ClF6N5O3/c1-33-5-4-17(18(22,23)8-34-16(27)31-17)14-11(21)2-3-12(29-14)30-15(32)13-10(20)6-9(7-28-13)19(24,25)26/h2-3,6-7H,4-5,8H2,1H3,(H2,27,31)(H,29,30,32). The van der Waals surface area contributed by atoms with Crippen LogP contribution in [0.25, 0.3) is 0 Å². The lowest BCUT2D eigenvalue weighted by Crippen LogP contribution is -2.54. The molecule has 1 aliphatic rings. The number of nitrogens with one attached hydrogen (secondary N) is 1. The van der Waals surface area contributed by atoms with E-state index < -0.39 is 76.2 Å². The summed E-state index contributed by atoms with van der Waals surface area (Å²) >= 11 is 5.75. The molecule has 1 aliphatic heterocycles. The molecule has 1 unspecified atom stereocenters. The summed E-state index contributed by atoms with van der Waals surface area (Å²) in [6.45, 7) is -1.50. The summed E-state index contributed by atoms with van der Waals surface area (Å²) in [5.41, 5.74) is 0.206. The normalized spacial score (nSPS) is 19.8. The van der Waals surface area contributed by atoms with Gasteiger partial charge in [-0.15, -0.1) is 0 Å². The quantitative estimate of drug-likeness (QED) is 0.571. The third kappa shape index (κ3) is 4.87.